The molecule has 138 valence electrons. The van der Waals surface area contributed by atoms with Gasteiger partial charge in [0, 0.05) is 11.6 Å². The molecular weight excluding hydrogens is 358 g/mol. The fourth-order valence-electron chi connectivity index (χ4n) is 3.37. The van der Waals surface area contributed by atoms with Crippen molar-refractivity contribution in [3.8, 4) is 11.3 Å². The Morgan fingerprint density at radius 2 is 1.81 bits per heavy atom. The number of thiol groups is 1. The maximum absolute atomic E-state index is 12.5. The lowest BCUT2D eigenvalue weighted by Gasteiger charge is -2.29. The predicted molar refractivity (Wildman–Crippen MR) is 109 cm³/mol. The molecule has 0 aliphatic heterocycles. The number of hydrogen-bond donors (Lipinski definition) is 2. The molecule has 7 heteroatoms. The number of benzene rings is 1. The fourth-order valence-corrected chi connectivity index (χ4v) is 3.65. The number of hydrogen-bond acceptors (Lipinski definition) is 5. The summed E-state index contributed by atoms with van der Waals surface area (Å²) in [5.41, 5.74) is 2.90. The number of aromatic nitrogens is 3. The standard InChI is InChI=1S/C20H21N5OS/c26-20(25(27)15-9-5-2-6-10-15)24-18-12-11-16-19(23-18)22-17(13-21-16)14-7-3-1-4-8-14/h1,3-4,7-8,11-13,15,27H,2,5-6,9-10H2,(H,22,23,24,26). The molecule has 0 spiro atoms. The lowest BCUT2D eigenvalue weighted by molar-refractivity contribution is 0.218. The first kappa shape index (κ1) is 17.7. The number of carbonyl (C=O) groups excluding carboxylic acids is 1. The number of carbonyl (C=O) groups is 1. The van der Waals surface area contributed by atoms with E-state index in [1.54, 1.807) is 12.3 Å². The minimum absolute atomic E-state index is 0.173. The lowest BCUT2D eigenvalue weighted by Crippen LogP contribution is -2.37. The fraction of sp³-hybridized carbons (Fsp3) is 0.300. The smallest absolute Gasteiger partial charge is 0.291 e. The molecule has 0 unspecified atom stereocenters. The maximum atomic E-state index is 12.5. The van der Waals surface area contributed by atoms with Gasteiger partial charge in [-0.25, -0.2) is 14.8 Å². The quantitative estimate of drug-likeness (QED) is 0.647. The van der Waals surface area contributed by atoms with Gasteiger partial charge >= 0.3 is 6.03 Å². The molecule has 0 bridgehead atoms. The zero-order chi connectivity index (χ0) is 18.6. The zero-order valence-corrected chi connectivity index (χ0v) is 15.8. The van der Waals surface area contributed by atoms with Crippen molar-refractivity contribution in [2.24, 2.45) is 0 Å². The molecule has 1 fully saturated rings. The average molecular weight is 379 g/mol. The van der Waals surface area contributed by atoms with Crippen LogP contribution in [0.3, 0.4) is 0 Å². The Labute approximate surface area is 163 Å². The van der Waals surface area contributed by atoms with Gasteiger partial charge in [-0.05, 0) is 25.0 Å². The van der Waals surface area contributed by atoms with Crippen molar-refractivity contribution in [3.05, 3.63) is 48.7 Å². The number of rotatable bonds is 3. The van der Waals surface area contributed by atoms with E-state index in [1.165, 1.54) is 10.7 Å². The maximum Gasteiger partial charge on any atom is 0.333 e. The molecule has 27 heavy (non-hydrogen) atoms. The molecule has 1 aromatic carbocycles. The first-order valence-corrected chi connectivity index (χ1v) is 9.59. The summed E-state index contributed by atoms with van der Waals surface area (Å²) >= 11 is 4.40. The first-order valence-electron chi connectivity index (χ1n) is 9.19. The van der Waals surface area contributed by atoms with Crippen molar-refractivity contribution in [2.45, 2.75) is 38.1 Å². The second kappa shape index (κ2) is 7.92. The van der Waals surface area contributed by atoms with E-state index in [0.717, 1.165) is 36.9 Å². The molecule has 2 aromatic heterocycles. The third-order valence-corrected chi connectivity index (χ3v) is 5.35. The molecule has 0 saturated heterocycles. The van der Waals surface area contributed by atoms with E-state index in [4.69, 9.17) is 0 Å². The van der Waals surface area contributed by atoms with E-state index in [9.17, 15) is 4.79 Å². The Morgan fingerprint density at radius 3 is 2.59 bits per heavy atom. The van der Waals surface area contributed by atoms with E-state index in [1.807, 2.05) is 36.4 Å². The molecular formula is C20H21N5OS. The van der Waals surface area contributed by atoms with Crippen LogP contribution in [0.2, 0.25) is 0 Å². The highest BCUT2D eigenvalue weighted by Gasteiger charge is 2.23. The van der Waals surface area contributed by atoms with Gasteiger partial charge in [0.15, 0.2) is 5.65 Å². The van der Waals surface area contributed by atoms with E-state index < -0.39 is 0 Å². The van der Waals surface area contributed by atoms with E-state index in [0.29, 0.717) is 17.0 Å². The van der Waals surface area contributed by atoms with Crippen LogP contribution in [-0.4, -0.2) is 31.3 Å². The van der Waals surface area contributed by atoms with Crippen LogP contribution in [0.4, 0.5) is 10.6 Å². The number of nitrogens with zero attached hydrogens (tertiary/aromatic N) is 4. The Kier molecular flexibility index (Phi) is 5.20. The van der Waals surface area contributed by atoms with Gasteiger partial charge in [0.25, 0.3) is 0 Å². The Bertz CT molecular complexity index is 944. The normalized spacial score (nSPS) is 14.9. The number of amides is 2. The van der Waals surface area contributed by atoms with Gasteiger partial charge in [-0.1, -0.05) is 62.4 Å². The SMILES string of the molecule is O=C(Nc1ccc2ncc(-c3ccccc3)nc2n1)N(S)C1CCCCC1. The third kappa shape index (κ3) is 4.03. The summed E-state index contributed by atoms with van der Waals surface area (Å²) in [5, 5.41) is 2.82. The van der Waals surface area contributed by atoms with Crippen molar-refractivity contribution in [2.75, 3.05) is 5.32 Å². The highest BCUT2D eigenvalue weighted by atomic mass is 32.1. The van der Waals surface area contributed by atoms with Crippen LogP contribution in [0, 0.1) is 0 Å². The van der Waals surface area contributed by atoms with Crippen molar-refractivity contribution in [3.63, 3.8) is 0 Å². The molecule has 6 nitrogen and oxygen atoms in total. The molecule has 2 heterocycles. The van der Waals surface area contributed by atoms with Crippen molar-refractivity contribution in [1.82, 2.24) is 19.3 Å². The summed E-state index contributed by atoms with van der Waals surface area (Å²) in [5.74, 6) is 0.446. The van der Waals surface area contributed by atoms with Gasteiger partial charge in [0.1, 0.15) is 11.3 Å². The monoisotopic (exact) mass is 379 g/mol. The number of nitrogens with one attached hydrogen (secondary N) is 1. The van der Waals surface area contributed by atoms with Crippen LogP contribution in [-0.2, 0) is 0 Å². The van der Waals surface area contributed by atoms with E-state index in [2.05, 4.69) is 33.1 Å². The first-order chi connectivity index (χ1) is 13.2. The van der Waals surface area contributed by atoms with E-state index in [-0.39, 0.29) is 12.1 Å². The minimum Gasteiger partial charge on any atom is -0.291 e. The minimum atomic E-state index is -0.260. The molecule has 1 aliphatic rings. The molecule has 4 rings (SSSR count). The van der Waals surface area contributed by atoms with Gasteiger partial charge in [0.05, 0.1) is 11.9 Å². The highest BCUT2D eigenvalue weighted by molar-refractivity contribution is 7.78. The van der Waals surface area contributed by atoms with Crippen LogP contribution in [0.5, 0.6) is 0 Å². The summed E-state index contributed by atoms with van der Waals surface area (Å²) < 4.78 is 1.50. The summed E-state index contributed by atoms with van der Waals surface area (Å²) in [6, 6.07) is 13.3. The molecule has 1 saturated carbocycles. The van der Waals surface area contributed by atoms with E-state index >= 15 is 0 Å². The van der Waals surface area contributed by atoms with Gasteiger partial charge in [-0.2, -0.15) is 0 Å². The lowest BCUT2D eigenvalue weighted by atomic mass is 9.96. The number of anilines is 1. The van der Waals surface area contributed by atoms with Crippen LogP contribution >= 0.6 is 12.8 Å². The second-order valence-electron chi connectivity index (χ2n) is 6.73. The predicted octanol–water partition coefficient (Wildman–Crippen LogP) is 4.70. The van der Waals surface area contributed by atoms with Gasteiger partial charge in [0.2, 0.25) is 0 Å². The Balaban J connectivity index is 1.54. The van der Waals surface area contributed by atoms with Crippen LogP contribution in [0.15, 0.2) is 48.7 Å². The molecule has 2 amide bonds. The van der Waals surface area contributed by atoms with Crippen molar-refractivity contribution in [1.29, 1.82) is 0 Å². The second-order valence-corrected chi connectivity index (χ2v) is 7.16. The van der Waals surface area contributed by atoms with Crippen LogP contribution in [0.1, 0.15) is 32.1 Å². The average Bonchev–Trinajstić information content (AvgIpc) is 2.74. The topological polar surface area (TPSA) is 71.0 Å². The Morgan fingerprint density at radius 1 is 1.04 bits per heavy atom. The summed E-state index contributed by atoms with van der Waals surface area (Å²) in [6.45, 7) is 0. The number of fused-ring (bicyclic) bond motifs is 1. The largest absolute Gasteiger partial charge is 0.333 e. The molecule has 1 aliphatic carbocycles. The highest BCUT2D eigenvalue weighted by Crippen LogP contribution is 2.25. The van der Waals surface area contributed by atoms with Crippen LogP contribution < -0.4 is 5.32 Å². The molecule has 0 radical (unpaired) electrons. The molecule has 3 aromatic rings. The molecule has 1 N–H and O–H groups in total. The summed E-state index contributed by atoms with van der Waals surface area (Å²) in [7, 11) is 0. The van der Waals surface area contributed by atoms with Gasteiger partial charge < -0.3 is 0 Å². The van der Waals surface area contributed by atoms with Crippen molar-refractivity contribution >= 4 is 35.8 Å². The summed E-state index contributed by atoms with van der Waals surface area (Å²) in [6.07, 6.45) is 7.23. The van der Waals surface area contributed by atoms with Gasteiger partial charge in [-0.15, -0.1) is 0 Å². The van der Waals surface area contributed by atoms with Gasteiger partial charge in [-0.3, -0.25) is 14.6 Å². The number of pyridine rings is 1. The number of urea groups is 1. The van der Waals surface area contributed by atoms with Crippen LogP contribution in [0.25, 0.3) is 22.4 Å². The Hall–Kier alpha value is -2.67. The third-order valence-electron chi connectivity index (χ3n) is 4.84. The summed E-state index contributed by atoms with van der Waals surface area (Å²) in [4.78, 5) is 26.0. The molecule has 0 atom stereocenters. The van der Waals surface area contributed by atoms with Crippen molar-refractivity contribution < 1.29 is 4.79 Å². The zero-order valence-electron chi connectivity index (χ0n) is 14.9.